The Morgan fingerprint density at radius 1 is 1.00 bits per heavy atom. The van der Waals surface area contributed by atoms with E-state index in [9.17, 15) is 14.4 Å². The van der Waals surface area contributed by atoms with Gasteiger partial charge in [0.15, 0.2) is 17.2 Å². The molecule has 38 heavy (non-hydrogen) atoms. The molecule has 202 valence electrons. The Morgan fingerprint density at radius 3 is 2.24 bits per heavy atom. The van der Waals surface area contributed by atoms with Crippen LogP contribution in [0, 0.1) is 0 Å². The number of nitrogens with one attached hydrogen (secondary N) is 1. The van der Waals surface area contributed by atoms with Gasteiger partial charge in [-0.25, -0.2) is 0 Å². The normalized spacial score (nSPS) is 11.8. The summed E-state index contributed by atoms with van der Waals surface area (Å²) in [6, 6.07) is 10.4. The first kappa shape index (κ1) is 28.3. The summed E-state index contributed by atoms with van der Waals surface area (Å²) in [5, 5.41) is 2.95. The molecule has 12 heteroatoms. The van der Waals surface area contributed by atoms with E-state index >= 15 is 0 Å². The van der Waals surface area contributed by atoms with Gasteiger partial charge in [-0.3, -0.25) is 19.3 Å². The van der Waals surface area contributed by atoms with Crippen LogP contribution in [0.1, 0.15) is 52.5 Å². The maximum absolute atomic E-state index is 14.2. The molecule has 0 radical (unpaired) electrons. The van der Waals surface area contributed by atoms with Crippen molar-refractivity contribution in [1.29, 1.82) is 0 Å². The Balaban J connectivity index is 2.31. The van der Waals surface area contributed by atoms with E-state index in [1.165, 1.54) is 26.2 Å². The van der Waals surface area contributed by atoms with Crippen LogP contribution in [-0.4, -0.2) is 49.0 Å². The monoisotopic (exact) mass is 541 g/mol. The number of anilines is 2. The molecule has 0 bridgehead atoms. The minimum atomic E-state index is -1.20. The number of amides is 3. The lowest BCUT2D eigenvalue weighted by atomic mass is 9.99. The molecule has 0 saturated heterocycles. The number of benzene rings is 2. The van der Waals surface area contributed by atoms with Crippen LogP contribution < -0.4 is 35.9 Å². The zero-order valence-corrected chi connectivity index (χ0v) is 22.8. The number of nitrogens with zero attached hydrogens (tertiary/aromatic N) is 2. The zero-order valence-electron chi connectivity index (χ0n) is 22.0. The molecule has 1 aromatic heterocycles. The van der Waals surface area contributed by atoms with Gasteiger partial charge in [0, 0.05) is 17.3 Å². The van der Waals surface area contributed by atoms with E-state index in [2.05, 4.69) is 9.69 Å². The minimum absolute atomic E-state index is 0.0457. The molecule has 0 spiro atoms. The zero-order chi connectivity index (χ0) is 28.2. The Kier molecular flexibility index (Phi) is 8.46. The number of nitrogens with two attached hydrogens (primary N) is 2. The molecule has 1 heterocycles. The van der Waals surface area contributed by atoms with Gasteiger partial charge in [-0.05, 0) is 62.1 Å². The first-order chi connectivity index (χ1) is 17.9. The van der Waals surface area contributed by atoms with Gasteiger partial charge >= 0.3 is 0 Å². The lowest BCUT2D eigenvalue weighted by Crippen LogP contribution is -2.49. The van der Waals surface area contributed by atoms with Crippen molar-refractivity contribution in [2.75, 3.05) is 32.0 Å². The fourth-order valence-electron chi connectivity index (χ4n) is 3.76. The molecule has 3 rings (SSSR count). The molecule has 3 aromatic rings. The van der Waals surface area contributed by atoms with Crippen molar-refractivity contribution in [2.24, 2.45) is 5.73 Å². The standard InChI is InChI=1S/C26H31N5O6S/c1-26(2,3)29-24(33)21(14-10-11-17(36-5)18(12-14)37-6)31(15-8-7-9-16(13-15)35-4)25(34)22-19(27)20(23(28)32)30-38-22/h7-13,21H,27H2,1-6H3,(H2,28,32)(H,29,33)/t21-/m1/s1. The number of carbonyl (C=O) groups is 3. The first-order valence-electron chi connectivity index (χ1n) is 11.5. The first-order valence-corrected chi connectivity index (χ1v) is 12.3. The molecular weight excluding hydrogens is 510 g/mol. The topological polar surface area (TPSA) is 159 Å². The van der Waals surface area contributed by atoms with Gasteiger partial charge in [-0.1, -0.05) is 12.1 Å². The smallest absolute Gasteiger partial charge is 0.273 e. The van der Waals surface area contributed by atoms with Crippen molar-refractivity contribution in [3.63, 3.8) is 0 Å². The summed E-state index contributed by atoms with van der Waals surface area (Å²) in [6.45, 7) is 5.48. The molecule has 0 aliphatic carbocycles. The van der Waals surface area contributed by atoms with Gasteiger partial charge in [0.25, 0.3) is 11.8 Å². The molecular formula is C26H31N5O6S. The van der Waals surface area contributed by atoms with Crippen LogP contribution in [0.5, 0.6) is 17.2 Å². The van der Waals surface area contributed by atoms with Crippen LogP contribution >= 0.6 is 11.5 Å². The quantitative estimate of drug-likeness (QED) is 0.373. The number of aromatic nitrogens is 1. The van der Waals surface area contributed by atoms with Gasteiger partial charge in [0.05, 0.1) is 27.0 Å². The summed E-state index contributed by atoms with van der Waals surface area (Å²) >= 11 is 0.722. The molecule has 0 aliphatic rings. The highest BCUT2D eigenvalue weighted by atomic mass is 32.1. The molecule has 3 amide bonds. The van der Waals surface area contributed by atoms with Gasteiger partial charge in [0.2, 0.25) is 5.91 Å². The van der Waals surface area contributed by atoms with E-state index in [0.29, 0.717) is 28.5 Å². The van der Waals surface area contributed by atoms with Crippen molar-refractivity contribution in [1.82, 2.24) is 9.69 Å². The van der Waals surface area contributed by atoms with E-state index in [4.69, 9.17) is 25.7 Å². The number of rotatable bonds is 9. The van der Waals surface area contributed by atoms with Crippen molar-refractivity contribution in [3.05, 3.63) is 58.6 Å². The summed E-state index contributed by atoms with van der Waals surface area (Å²) in [5.41, 5.74) is 11.3. The summed E-state index contributed by atoms with van der Waals surface area (Å²) in [7, 11) is 4.46. The summed E-state index contributed by atoms with van der Waals surface area (Å²) in [6.07, 6.45) is 0. The maximum Gasteiger partial charge on any atom is 0.273 e. The predicted octanol–water partition coefficient (Wildman–Crippen LogP) is 3.15. The van der Waals surface area contributed by atoms with E-state index in [1.54, 1.807) is 42.5 Å². The number of methoxy groups -OCH3 is 3. The van der Waals surface area contributed by atoms with Gasteiger partial charge in [-0.2, -0.15) is 4.37 Å². The second kappa shape index (κ2) is 11.4. The van der Waals surface area contributed by atoms with Gasteiger partial charge in [-0.15, -0.1) is 0 Å². The second-order valence-electron chi connectivity index (χ2n) is 9.27. The van der Waals surface area contributed by atoms with Gasteiger partial charge < -0.3 is 31.0 Å². The second-order valence-corrected chi connectivity index (χ2v) is 10.0. The SMILES string of the molecule is COc1cccc(N(C(=O)c2snc(C(N)=O)c2N)[C@@H](C(=O)NC(C)(C)C)c2ccc(OC)c(OC)c2)c1. The van der Waals surface area contributed by atoms with Crippen molar-refractivity contribution >= 4 is 40.6 Å². The fourth-order valence-corrected chi connectivity index (χ4v) is 4.50. The van der Waals surface area contributed by atoms with E-state index < -0.39 is 29.3 Å². The Morgan fingerprint density at radius 2 is 1.68 bits per heavy atom. The van der Waals surface area contributed by atoms with Crippen molar-refractivity contribution < 1.29 is 28.6 Å². The molecule has 0 aliphatic heterocycles. The molecule has 0 fully saturated rings. The summed E-state index contributed by atoms with van der Waals surface area (Å²) in [4.78, 5) is 41.1. The Bertz CT molecular complexity index is 1350. The highest BCUT2D eigenvalue weighted by Gasteiger charge is 2.37. The number of hydrogen-bond acceptors (Lipinski definition) is 9. The van der Waals surface area contributed by atoms with Gasteiger partial charge in [0.1, 0.15) is 16.7 Å². The number of nitrogen functional groups attached to an aromatic ring is 1. The molecule has 2 aromatic carbocycles. The molecule has 0 unspecified atom stereocenters. The number of primary amides is 1. The number of hydrogen-bond donors (Lipinski definition) is 3. The van der Waals surface area contributed by atoms with Crippen LogP contribution in [0.15, 0.2) is 42.5 Å². The third-order valence-corrected chi connectivity index (χ3v) is 6.28. The average Bonchev–Trinajstić information content (AvgIpc) is 3.26. The predicted molar refractivity (Wildman–Crippen MR) is 145 cm³/mol. The molecule has 0 saturated carbocycles. The highest BCUT2D eigenvalue weighted by molar-refractivity contribution is 7.09. The summed E-state index contributed by atoms with van der Waals surface area (Å²) in [5.74, 6) is -0.734. The van der Waals surface area contributed by atoms with Crippen molar-refractivity contribution in [2.45, 2.75) is 32.4 Å². The van der Waals surface area contributed by atoms with E-state index in [-0.39, 0.29) is 16.3 Å². The van der Waals surface area contributed by atoms with Crippen LogP contribution in [0.25, 0.3) is 0 Å². The third kappa shape index (κ3) is 5.97. The minimum Gasteiger partial charge on any atom is -0.497 e. The van der Waals surface area contributed by atoms with Crippen LogP contribution in [0.4, 0.5) is 11.4 Å². The van der Waals surface area contributed by atoms with E-state index in [0.717, 1.165) is 11.5 Å². The lowest BCUT2D eigenvalue weighted by molar-refractivity contribution is -0.123. The third-order valence-electron chi connectivity index (χ3n) is 5.43. The lowest BCUT2D eigenvalue weighted by Gasteiger charge is -2.34. The fraction of sp³-hybridized carbons (Fsp3) is 0.308. The largest absolute Gasteiger partial charge is 0.497 e. The Hall–Kier alpha value is -4.32. The van der Waals surface area contributed by atoms with Crippen LogP contribution in [-0.2, 0) is 4.79 Å². The van der Waals surface area contributed by atoms with Crippen LogP contribution in [0.3, 0.4) is 0 Å². The molecule has 5 N–H and O–H groups in total. The summed E-state index contributed by atoms with van der Waals surface area (Å²) < 4.78 is 20.2. The molecule has 11 nitrogen and oxygen atoms in total. The molecule has 1 atom stereocenters. The maximum atomic E-state index is 14.2. The van der Waals surface area contributed by atoms with Crippen molar-refractivity contribution in [3.8, 4) is 17.2 Å². The number of carbonyl (C=O) groups excluding carboxylic acids is 3. The highest BCUT2D eigenvalue weighted by Crippen LogP contribution is 2.37. The van der Waals surface area contributed by atoms with Crippen LogP contribution in [0.2, 0.25) is 0 Å². The Labute approximate surface area is 224 Å². The van der Waals surface area contributed by atoms with E-state index in [1.807, 2.05) is 20.8 Å². The number of ether oxygens (including phenoxy) is 3. The average molecular weight is 542 g/mol.